The monoisotopic (exact) mass is 627 g/mol. The third-order valence-electron chi connectivity index (χ3n) is 8.34. The highest BCUT2D eigenvalue weighted by Crippen LogP contribution is 2.33. The van der Waals surface area contributed by atoms with E-state index in [9.17, 15) is 19.1 Å². The van der Waals surface area contributed by atoms with Gasteiger partial charge in [-0.3, -0.25) is 14.6 Å². The highest BCUT2D eigenvalue weighted by atomic mass is 19.1. The van der Waals surface area contributed by atoms with Gasteiger partial charge in [-0.15, -0.1) is 0 Å². The molecule has 1 aliphatic heterocycles. The molecule has 10 heteroatoms. The molecule has 3 atom stereocenters. The van der Waals surface area contributed by atoms with E-state index in [1.807, 2.05) is 43.5 Å². The van der Waals surface area contributed by atoms with Gasteiger partial charge in [0.2, 0.25) is 5.89 Å². The van der Waals surface area contributed by atoms with Crippen LogP contribution >= 0.6 is 0 Å². The maximum Gasteiger partial charge on any atom is 0.254 e. The summed E-state index contributed by atoms with van der Waals surface area (Å²) in [5, 5.41) is 17.5. The molecule has 2 aromatic heterocycles. The molecule has 0 aliphatic carbocycles. The summed E-state index contributed by atoms with van der Waals surface area (Å²) in [5.74, 6) is 0.00532. The van der Waals surface area contributed by atoms with Gasteiger partial charge in [-0.2, -0.15) is 0 Å². The molecule has 2 amide bonds. The first kappa shape index (κ1) is 33.0. The molecular formula is C36H42FN5O4. The fraction of sp³-hybridized carbons (Fsp3) is 0.389. The van der Waals surface area contributed by atoms with E-state index in [1.165, 1.54) is 18.2 Å². The molecule has 242 valence electrons. The lowest BCUT2D eigenvalue weighted by Crippen LogP contribution is -2.48. The van der Waals surface area contributed by atoms with Crippen LogP contribution in [0.2, 0.25) is 0 Å². The van der Waals surface area contributed by atoms with Gasteiger partial charge in [0.1, 0.15) is 19.0 Å². The highest BCUT2D eigenvalue weighted by molar-refractivity contribution is 6.00. The molecule has 2 aromatic carbocycles. The summed E-state index contributed by atoms with van der Waals surface area (Å²) in [6, 6.07) is 15.1. The molecule has 3 unspecified atom stereocenters. The second-order valence-corrected chi connectivity index (χ2v) is 12.3. The molecular weight excluding hydrogens is 585 g/mol. The van der Waals surface area contributed by atoms with Crippen molar-refractivity contribution in [1.29, 1.82) is 0 Å². The third kappa shape index (κ3) is 8.24. The summed E-state index contributed by atoms with van der Waals surface area (Å²) in [4.78, 5) is 37.8. The lowest BCUT2D eigenvalue weighted by molar-refractivity contribution is 0.0715. The van der Waals surface area contributed by atoms with Crippen molar-refractivity contribution in [2.75, 3.05) is 13.1 Å². The number of pyridine rings is 1. The van der Waals surface area contributed by atoms with Crippen LogP contribution < -0.4 is 10.6 Å². The van der Waals surface area contributed by atoms with E-state index >= 15 is 0 Å². The number of oxazole rings is 1. The number of likely N-dealkylation sites (tertiary alicyclic amines) is 1. The number of aromatic nitrogens is 2. The molecule has 0 saturated carbocycles. The van der Waals surface area contributed by atoms with Gasteiger partial charge in [-0.05, 0) is 72.6 Å². The van der Waals surface area contributed by atoms with Crippen molar-refractivity contribution < 1.29 is 23.5 Å². The maximum atomic E-state index is 14.0. The standard InChI is InChI=1S/C36H42FN5O4/c1-23(2)30-14-27(18-38-20-30)19-39-21-33(43)31(15-25-8-5-4-6-9-25)41-34(44)28-12-26(17-37)13-29(16-28)36(45)42-11-7-10-32(42)35-40-24(3)22-46-35/h4-6,8-9,12-14,16,18,20,22-23,31-33,39,43H,7,10-11,15,17,19,21H2,1-3H3,(H,41,44). The van der Waals surface area contributed by atoms with Crippen molar-refractivity contribution in [2.45, 2.75) is 77.4 Å². The molecule has 3 heterocycles. The Labute approximate surface area is 269 Å². The number of hydrogen-bond donors (Lipinski definition) is 3. The van der Waals surface area contributed by atoms with Gasteiger partial charge < -0.3 is 25.1 Å². The van der Waals surface area contributed by atoms with Crippen molar-refractivity contribution in [3.8, 4) is 0 Å². The summed E-state index contributed by atoms with van der Waals surface area (Å²) in [5.41, 5.74) is 4.39. The van der Waals surface area contributed by atoms with Crippen LogP contribution in [-0.2, 0) is 19.6 Å². The van der Waals surface area contributed by atoms with E-state index < -0.39 is 24.7 Å². The van der Waals surface area contributed by atoms with Crippen LogP contribution in [-0.4, -0.2) is 57.0 Å². The van der Waals surface area contributed by atoms with Crippen molar-refractivity contribution in [3.05, 3.63) is 118 Å². The first-order chi connectivity index (χ1) is 22.2. The Morgan fingerprint density at radius 3 is 2.57 bits per heavy atom. The minimum atomic E-state index is -0.939. The van der Waals surface area contributed by atoms with Gasteiger partial charge in [0.05, 0.1) is 17.8 Å². The number of carbonyl (C=O) groups is 2. The zero-order chi connectivity index (χ0) is 32.6. The second-order valence-electron chi connectivity index (χ2n) is 12.3. The average Bonchev–Trinajstić information content (AvgIpc) is 3.73. The van der Waals surface area contributed by atoms with E-state index in [4.69, 9.17) is 4.42 Å². The SMILES string of the molecule is Cc1coc(C2CCCN2C(=O)c2cc(CF)cc(C(=O)NC(Cc3ccccc3)C(O)CNCc3cncc(C(C)C)c3)c2)n1. The zero-order valence-corrected chi connectivity index (χ0v) is 26.6. The topological polar surface area (TPSA) is 121 Å². The molecule has 0 radical (unpaired) electrons. The normalized spacial score (nSPS) is 16.0. The number of nitrogens with zero attached hydrogens (tertiary/aromatic N) is 3. The minimum absolute atomic E-state index is 0.149. The highest BCUT2D eigenvalue weighted by Gasteiger charge is 2.34. The van der Waals surface area contributed by atoms with E-state index in [-0.39, 0.29) is 35.2 Å². The van der Waals surface area contributed by atoms with Gasteiger partial charge in [-0.1, -0.05) is 50.2 Å². The number of hydrogen-bond acceptors (Lipinski definition) is 7. The molecule has 46 heavy (non-hydrogen) atoms. The van der Waals surface area contributed by atoms with Gasteiger partial charge >= 0.3 is 0 Å². The summed E-state index contributed by atoms with van der Waals surface area (Å²) >= 11 is 0. The average molecular weight is 628 g/mol. The number of benzene rings is 2. The molecule has 4 aromatic rings. The molecule has 0 spiro atoms. The van der Waals surface area contributed by atoms with Crippen LogP contribution in [0.5, 0.6) is 0 Å². The van der Waals surface area contributed by atoms with Crippen LogP contribution in [0.1, 0.15) is 93.2 Å². The van der Waals surface area contributed by atoms with Crippen LogP contribution in [0.3, 0.4) is 0 Å². The predicted octanol–water partition coefficient (Wildman–Crippen LogP) is 5.44. The number of nitrogens with one attached hydrogen (secondary N) is 2. The minimum Gasteiger partial charge on any atom is -0.446 e. The van der Waals surface area contributed by atoms with Crippen molar-refractivity contribution in [1.82, 2.24) is 25.5 Å². The first-order valence-corrected chi connectivity index (χ1v) is 15.8. The van der Waals surface area contributed by atoms with E-state index in [1.54, 1.807) is 17.4 Å². The lowest BCUT2D eigenvalue weighted by atomic mass is 9.99. The fourth-order valence-electron chi connectivity index (χ4n) is 5.81. The van der Waals surface area contributed by atoms with E-state index in [0.29, 0.717) is 37.7 Å². The number of aliphatic hydroxyl groups excluding tert-OH is 1. The molecule has 0 bridgehead atoms. The molecule has 1 aliphatic rings. The van der Waals surface area contributed by atoms with Crippen LogP contribution in [0, 0.1) is 6.92 Å². The number of halogens is 1. The smallest absolute Gasteiger partial charge is 0.254 e. The number of rotatable bonds is 13. The number of aliphatic hydroxyl groups is 1. The summed E-state index contributed by atoms with van der Waals surface area (Å²) in [6.45, 7) is 6.43. The molecule has 3 N–H and O–H groups in total. The van der Waals surface area contributed by atoms with Gasteiger partial charge in [0.15, 0.2) is 0 Å². The lowest BCUT2D eigenvalue weighted by Gasteiger charge is -2.25. The van der Waals surface area contributed by atoms with Crippen molar-refractivity contribution in [3.63, 3.8) is 0 Å². The Hall–Kier alpha value is -4.41. The van der Waals surface area contributed by atoms with Gasteiger partial charge in [0.25, 0.3) is 11.8 Å². The Balaban J connectivity index is 1.32. The Morgan fingerprint density at radius 2 is 1.85 bits per heavy atom. The Morgan fingerprint density at radius 1 is 1.07 bits per heavy atom. The van der Waals surface area contributed by atoms with Crippen LogP contribution in [0.4, 0.5) is 4.39 Å². The maximum absolute atomic E-state index is 14.0. The molecule has 9 nitrogen and oxygen atoms in total. The van der Waals surface area contributed by atoms with Crippen LogP contribution in [0.25, 0.3) is 0 Å². The number of carbonyl (C=O) groups excluding carboxylic acids is 2. The second kappa shape index (κ2) is 15.2. The fourth-order valence-corrected chi connectivity index (χ4v) is 5.81. The summed E-state index contributed by atoms with van der Waals surface area (Å²) in [6.07, 6.45) is 6.12. The number of alkyl halides is 1. The molecule has 1 fully saturated rings. The van der Waals surface area contributed by atoms with Gasteiger partial charge in [0, 0.05) is 43.2 Å². The predicted molar refractivity (Wildman–Crippen MR) is 173 cm³/mol. The van der Waals surface area contributed by atoms with E-state index in [2.05, 4.69) is 40.5 Å². The quantitative estimate of drug-likeness (QED) is 0.181. The zero-order valence-electron chi connectivity index (χ0n) is 26.6. The van der Waals surface area contributed by atoms with E-state index in [0.717, 1.165) is 28.8 Å². The van der Waals surface area contributed by atoms with Gasteiger partial charge in [-0.25, -0.2) is 9.37 Å². The summed E-state index contributed by atoms with van der Waals surface area (Å²) in [7, 11) is 0. The number of aryl methyl sites for hydroxylation is 1. The Bertz CT molecular complexity index is 1630. The largest absolute Gasteiger partial charge is 0.446 e. The van der Waals surface area contributed by atoms with Crippen molar-refractivity contribution >= 4 is 11.8 Å². The third-order valence-corrected chi connectivity index (χ3v) is 8.34. The number of amides is 2. The molecule has 1 saturated heterocycles. The first-order valence-electron chi connectivity index (χ1n) is 15.8. The van der Waals surface area contributed by atoms with Crippen LogP contribution in [0.15, 0.2) is 77.7 Å². The summed E-state index contributed by atoms with van der Waals surface area (Å²) < 4.78 is 19.6. The van der Waals surface area contributed by atoms with Crippen molar-refractivity contribution in [2.24, 2.45) is 0 Å². The Kier molecular flexibility index (Phi) is 10.9. The molecule has 5 rings (SSSR count).